The largest absolute Gasteiger partial charge is 0.460 e. The molecule has 0 aliphatic carbocycles. The molecule has 1 saturated heterocycles. The van der Waals surface area contributed by atoms with Crippen LogP contribution in [0.25, 0.3) is 0 Å². The zero-order valence-electron chi connectivity index (χ0n) is 25.9. The quantitative estimate of drug-likeness (QED) is 0.113. The first-order chi connectivity index (χ1) is 20.5. The van der Waals surface area contributed by atoms with Gasteiger partial charge in [0.25, 0.3) is 0 Å². The van der Waals surface area contributed by atoms with Crippen molar-refractivity contribution >= 4 is 26.5 Å². The number of carbonyl (C=O) groups is 1. The molecule has 2 heterocycles. The number of hydrogen-bond acceptors (Lipinski definition) is 6. The monoisotopic (exact) mass is 613 g/mol. The van der Waals surface area contributed by atoms with E-state index in [0.29, 0.717) is 11.5 Å². The predicted molar refractivity (Wildman–Crippen MR) is 177 cm³/mol. The van der Waals surface area contributed by atoms with Gasteiger partial charge in [-0.3, -0.25) is 9.69 Å². The number of ether oxygens (including phenoxy) is 1. The molecule has 0 bridgehead atoms. The summed E-state index contributed by atoms with van der Waals surface area (Å²) in [6.07, 6.45) is -0.804. The number of thioether (sulfide) groups is 1. The van der Waals surface area contributed by atoms with Crippen molar-refractivity contribution in [2.24, 2.45) is 5.92 Å². The first-order valence-electron chi connectivity index (χ1n) is 15.1. The van der Waals surface area contributed by atoms with E-state index >= 15 is 0 Å². The Balaban J connectivity index is 1.65. The van der Waals surface area contributed by atoms with Gasteiger partial charge in [-0.15, -0.1) is 11.8 Å². The van der Waals surface area contributed by atoms with Gasteiger partial charge in [-0.1, -0.05) is 104 Å². The summed E-state index contributed by atoms with van der Waals surface area (Å²) in [5.74, 6) is 0.639. The number of benzene rings is 3. The third-order valence-electron chi connectivity index (χ3n) is 8.37. The highest BCUT2D eigenvalue weighted by atomic mass is 32.2. The minimum atomic E-state index is -1.28. The molecule has 43 heavy (non-hydrogen) atoms. The summed E-state index contributed by atoms with van der Waals surface area (Å²) in [5, 5.41) is 12.1. The summed E-state index contributed by atoms with van der Waals surface area (Å²) < 4.78 is 10.7. The molecule has 226 valence electrons. The Kier molecular flexibility index (Phi) is 9.37. The number of esters is 1. The van der Waals surface area contributed by atoms with E-state index in [1.54, 1.807) is 6.07 Å². The minimum absolute atomic E-state index is 0.0162. The lowest BCUT2D eigenvalue weighted by Crippen LogP contribution is -2.73. The topological polar surface area (TPSA) is 62.9 Å². The summed E-state index contributed by atoms with van der Waals surface area (Å²) in [6, 6.07) is 35.9. The van der Waals surface area contributed by atoms with Gasteiger partial charge in [-0.25, -0.2) is 0 Å². The summed E-state index contributed by atoms with van der Waals surface area (Å²) in [5.41, 5.74) is 3.74. The number of aliphatic hydroxyl groups is 1. The van der Waals surface area contributed by atoms with E-state index in [-0.39, 0.29) is 35.1 Å². The first kappa shape index (κ1) is 31.3. The Morgan fingerprint density at radius 3 is 1.79 bits per heavy atom. The van der Waals surface area contributed by atoms with Crippen LogP contribution in [0.3, 0.4) is 0 Å². The van der Waals surface area contributed by atoms with Gasteiger partial charge in [0.1, 0.15) is 24.2 Å². The van der Waals surface area contributed by atoms with E-state index in [4.69, 9.17) is 9.15 Å². The Morgan fingerprint density at radius 1 is 0.884 bits per heavy atom. The molecule has 4 atom stereocenters. The molecule has 3 aromatic carbocycles. The predicted octanol–water partition coefficient (Wildman–Crippen LogP) is 7.55. The second kappa shape index (κ2) is 12.9. The van der Waals surface area contributed by atoms with Crippen LogP contribution in [0.15, 0.2) is 108 Å². The number of likely N-dealkylation sites (tertiary alicyclic amines) is 1. The van der Waals surface area contributed by atoms with Crippen molar-refractivity contribution in [1.82, 2.24) is 4.90 Å². The first-order valence-corrected chi connectivity index (χ1v) is 18.9. The summed E-state index contributed by atoms with van der Waals surface area (Å²) >= 11 is 1.92. The maximum absolute atomic E-state index is 12.1. The van der Waals surface area contributed by atoms with Crippen molar-refractivity contribution in [3.8, 4) is 0 Å². The normalized spacial score (nSPS) is 20.0. The molecule has 1 N–H and O–H groups in total. The molecule has 1 aromatic heterocycles. The lowest BCUT2D eigenvalue weighted by molar-refractivity contribution is -0.142. The molecule has 0 amide bonds. The third kappa shape index (κ3) is 6.27. The van der Waals surface area contributed by atoms with E-state index in [1.807, 2.05) is 17.8 Å². The van der Waals surface area contributed by atoms with Gasteiger partial charge in [0.2, 0.25) is 0 Å². The lowest BCUT2D eigenvalue weighted by atomic mass is 9.84. The molecule has 1 aliphatic heterocycles. The highest BCUT2D eigenvalue weighted by Gasteiger charge is 2.59. The van der Waals surface area contributed by atoms with E-state index in [1.165, 1.54) is 23.6 Å². The van der Waals surface area contributed by atoms with Gasteiger partial charge in [-0.2, -0.15) is 0 Å². The van der Waals surface area contributed by atoms with Crippen LogP contribution >= 0.6 is 11.8 Å². The van der Waals surface area contributed by atoms with E-state index in [9.17, 15) is 9.90 Å². The highest BCUT2D eigenvalue weighted by Crippen LogP contribution is 2.59. The second-order valence-corrected chi connectivity index (χ2v) is 17.2. The van der Waals surface area contributed by atoms with Crippen molar-refractivity contribution in [1.29, 1.82) is 0 Å². The zero-order valence-corrected chi connectivity index (χ0v) is 27.9. The fourth-order valence-corrected chi connectivity index (χ4v) is 11.7. The SMILES string of the molecule is CC(=O)OCc1ccc(C(O)C2C(SC(c3ccccc3)(c3ccccc3)c3ccccc3)N(C(C)(C)C)C2[SiH](C)C)o1. The molecule has 4 unspecified atom stereocenters. The van der Waals surface area contributed by atoms with Crippen LogP contribution in [0.1, 0.15) is 62.0 Å². The van der Waals surface area contributed by atoms with Crippen LogP contribution in [0.4, 0.5) is 0 Å². The lowest BCUT2D eigenvalue weighted by Gasteiger charge is -2.64. The van der Waals surface area contributed by atoms with Crippen LogP contribution in [0.2, 0.25) is 13.1 Å². The average Bonchev–Trinajstić information content (AvgIpc) is 3.46. The van der Waals surface area contributed by atoms with Gasteiger partial charge in [0, 0.05) is 24.0 Å². The molecule has 7 heteroatoms. The van der Waals surface area contributed by atoms with Crippen molar-refractivity contribution < 1.29 is 19.1 Å². The fourth-order valence-electron chi connectivity index (χ4n) is 6.58. The molecule has 4 aromatic rings. The summed E-state index contributed by atoms with van der Waals surface area (Å²) in [4.78, 5) is 14.0. The maximum atomic E-state index is 12.1. The standard InChI is InChI=1S/C36H43NO4SSi/c1-25(38)40-24-29-22-23-30(41-29)32(39)31-33(37(35(2,3)4)34(31)43(5)6)42-36(26-16-10-7-11-17-26,27-18-12-8-13-19-27)28-20-14-9-15-21-28/h7-23,31-34,39,43H,24H2,1-6H3. The molecule has 1 aliphatic rings. The second-order valence-electron chi connectivity index (χ2n) is 12.7. The third-order valence-corrected chi connectivity index (χ3v) is 12.3. The minimum Gasteiger partial charge on any atom is -0.460 e. The van der Waals surface area contributed by atoms with Crippen molar-refractivity contribution in [2.45, 2.75) is 74.8 Å². The molecule has 1 fully saturated rings. The summed E-state index contributed by atoms with van der Waals surface area (Å²) in [6.45, 7) is 13.0. The van der Waals surface area contributed by atoms with Crippen LogP contribution in [-0.4, -0.2) is 41.4 Å². The average molecular weight is 614 g/mol. The van der Waals surface area contributed by atoms with E-state index in [2.05, 4.69) is 130 Å². The Bertz CT molecular complexity index is 1390. The summed E-state index contributed by atoms with van der Waals surface area (Å²) in [7, 11) is -1.28. The molecule has 5 nitrogen and oxygen atoms in total. The van der Waals surface area contributed by atoms with Gasteiger partial charge in [0.05, 0.1) is 18.9 Å². The van der Waals surface area contributed by atoms with Gasteiger partial charge in [0.15, 0.2) is 0 Å². The van der Waals surface area contributed by atoms with Crippen molar-refractivity contribution in [3.05, 3.63) is 131 Å². The van der Waals surface area contributed by atoms with Crippen molar-refractivity contribution in [2.75, 3.05) is 0 Å². The highest BCUT2D eigenvalue weighted by molar-refractivity contribution is 8.01. The number of hydrogen-bond donors (Lipinski definition) is 1. The smallest absolute Gasteiger partial charge is 0.303 e. The molecule has 0 saturated carbocycles. The number of carbonyl (C=O) groups excluding carboxylic acids is 1. The van der Waals surface area contributed by atoms with Crippen LogP contribution in [0.5, 0.6) is 0 Å². The Hall–Kier alpha value is -3.10. The zero-order chi connectivity index (χ0) is 30.8. The molecular weight excluding hydrogens is 571 g/mol. The Morgan fingerprint density at radius 2 is 1.37 bits per heavy atom. The number of rotatable bonds is 10. The molecule has 5 rings (SSSR count). The Labute approximate surface area is 261 Å². The number of nitrogens with zero attached hydrogens (tertiary/aromatic N) is 1. The number of furan rings is 1. The van der Waals surface area contributed by atoms with Crippen LogP contribution in [-0.2, 0) is 20.9 Å². The molecular formula is C36H43NO4SSi. The fraction of sp³-hybridized carbons (Fsp3) is 0.361. The van der Waals surface area contributed by atoms with Gasteiger partial charge >= 0.3 is 5.97 Å². The van der Waals surface area contributed by atoms with Crippen LogP contribution in [0, 0.1) is 5.92 Å². The van der Waals surface area contributed by atoms with Gasteiger partial charge in [-0.05, 0) is 49.6 Å². The van der Waals surface area contributed by atoms with E-state index < -0.39 is 19.6 Å². The maximum Gasteiger partial charge on any atom is 0.303 e. The molecule has 0 spiro atoms. The number of aliphatic hydroxyl groups excluding tert-OH is 1. The molecule has 0 radical (unpaired) electrons. The van der Waals surface area contributed by atoms with Crippen LogP contribution < -0.4 is 0 Å². The van der Waals surface area contributed by atoms with E-state index in [0.717, 1.165) is 0 Å². The van der Waals surface area contributed by atoms with Gasteiger partial charge < -0.3 is 14.3 Å². The van der Waals surface area contributed by atoms with Crippen molar-refractivity contribution in [3.63, 3.8) is 0 Å².